The third-order valence-corrected chi connectivity index (χ3v) is 3.56. The fourth-order valence-electron chi connectivity index (χ4n) is 2.26. The van der Waals surface area contributed by atoms with Gasteiger partial charge in [0.1, 0.15) is 12.3 Å². The van der Waals surface area contributed by atoms with Gasteiger partial charge in [-0.2, -0.15) is 0 Å². The predicted octanol–water partition coefficient (Wildman–Crippen LogP) is -0.721. The van der Waals surface area contributed by atoms with Crippen LogP contribution in [-0.4, -0.2) is 62.5 Å². The van der Waals surface area contributed by atoms with Crippen molar-refractivity contribution in [1.29, 1.82) is 0 Å². The van der Waals surface area contributed by atoms with E-state index in [1.54, 1.807) is 0 Å². The highest BCUT2D eigenvalue weighted by molar-refractivity contribution is 5.76. The number of nitrogens with two attached hydrogens (primary N) is 2. The Hall–Kier alpha value is -1.42. The molecule has 1 fully saturated rings. The van der Waals surface area contributed by atoms with Crippen LogP contribution in [0.15, 0.2) is 4.99 Å². The van der Waals surface area contributed by atoms with E-state index < -0.39 is 24.5 Å². The summed E-state index contributed by atoms with van der Waals surface area (Å²) in [5.74, 6) is -0.447. The van der Waals surface area contributed by atoms with Crippen molar-refractivity contribution >= 4 is 11.9 Å². The van der Waals surface area contributed by atoms with Gasteiger partial charge in [-0.3, -0.25) is 15.1 Å². The summed E-state index contributed by atoms with van der Waals surface area (Å²) in [4.78, 5) is 15.7. The van der Waals surface area contributed by atoms with Gasteiger partial charge in [0.25, 0.3) is 0 Å². The van der Waals surface area contributed by atoms with Crippen molar-refractivity contribution in [3.63, 3.8) is 0 Å². The topological polar surface area (TPSA) is 141 Å². The van der Waals surface area contributed by atoms with Crippen molar-refractivity contribution in [2.75, 3.05) is 26.9 Å². The number of methoxy groups -OCH3 is 1. The molecule has 0 radical (unpaired) electrons. The van der Waals surface area contributed by atoms with Gasteiger partial charge in [0, 0.05) is 18.4 Å². The van der Waals surface area contributed by atoms with Gasteiger partial charge in [-0.15, -0.1) is 0 Å². The van der Waals surface area contributed by atoms with E-state index in [-0.39, 0.29) is 17.8 Å². The highest BCUT2D eigenvalue weighted by atomic mass is 16.7. The number of hydrogen-bond acceptors (Lipinski definition) is 7. The van der Waals surface area contributed by atoms with E-state index in [1.165, 1.54) is 7.11 Å². The van der Waals surface area contributed by atoms with Crippen LogP contribution >= 0.6 is 0 Å². The molecule has 0 aromatic heterocycles. The first-order valence-electron chi connectivity index (χ1n) is 8.04. The molecular weight excluding hydrogens is 316 g/mol. The zero-order valence-electron chi connectivity index (χ0n) is 14.7. The second-order valence-corrected chi connectivity index (χ2v) is 6.66. The zero-order valence-corrected chi connectivity index (χ0v) is 14.7. The molecule has 0 aliphatic carbocycles. The third-order valence-electron chi connectivity index (χ3n) is 3.56. The molecule has 0 amide bonds. The molecule has 0 bridgehead atoms. The smallest absolute Gasteiger partial charge is 0.322 e. The largest absolute Gasteiger partial charge is 0.468 e. The first-order chi connectivity index (χ1) is 11.2. The lowest BCUT2D eigenvalue weighted by Crippen LogP contribution is -2.47. The van der Waals surface area contributed by atoms with E-state index in [2.05, 4.69) is 10.3 Å². The van der Waals surface area contributed by atoms with Crippen LogP contribution in [0.3, 0.4) is 0 Å². The van der Waals surface area contributed by atoms with E-state index in [4.69, 9.17) is 25.7 Å². The molecule has 140 valence electrons. The van der Waals surface area contributed by atoms with Crippen molar-refractivity contribution < 1.29 is 24.1 Å². The Morgan fingerprint density at radius 2 is 2.04 bits per heavy atom. The molecule has 9 heteroatoms. The van der Waals surface area contributed by atoms with Crippen LogP contribution in [0.5, 0.6) is 0 Å². The van der Waals surface area contributed by atoms with Crippen LogP contribution in [0, 0.1) is 5.41 Å². The molecule has 0 spiro atoms. The zero-order chi connectivity index (χ0) is 18.2. The average Bonchev–Trinajstić information content (AvgIpc) is 2.51. The van der Waals surface area contributed by atoms with Crippen LogP contribution in [0.4, 0.5) is 0 Å². The van der Waals surface area contributed by atoms with Gasteiger partial charge in [0.2, 0.25) is 0 Å². The van der Waals surface area contributed by atoms with Gasteiger partial charge < -0.3 is 30.8 Å². The van der Waals surface area contributed by atoms with Gasteiger partial charge in [-0.1, -0.05) is 13.8 Å². The molecule has 24 heavy (non-hydrogen) atoms. The summed E-state index contributed by atoms with van der Waals surface area (Å²) in [6, 6.07) is -0.653. The Balaban J connectivity index is 2.41. The van der Waals surface area contributed by atoms with Gasteiger partial charge in [-0.25, -0.2) is 0 Å². The quantitative estimate of drug-likeness (QED) is 0.141. The van der Waals surface area contributed by atoms with Gasteiger partial charge in [0.05, 0.1) is 20.3 Å². The second-order valence-electron chi connectivity index (χ2n) is 6.66. The molecule has 0 aromatic carbocycles. The van der Waals surface area contributed by atoms with E-state index in [1.807, 2.05) is 13.8 Å². The summed E-state index contributed by atoms with van der Waals surface area (Å²) in [5, 5.41) is 13.0. The maximum Gasteiger partial charge on any atom is 0.322 e. The first kappa shape index (κ1) is 20.6. The Labute approximate surface area is 142 Å². The molecule has 1 saturated heterocycles. The number of aliphatic hydroxyl groups is 1. The fourth-order valence-corrected chi connectivity index (χ4v) is 2.26. The number of nitrogens with zero attached hydrogens (tertiary/aromatic N) is 1. The van der Waals surface area contributed by atoms with Crippen LogP contribution in [0.1, 0.15) is 33.1 Å². The van der Waals surface area contributed by atoms with Crippen LogP contribution in [0.2, 0.25) is 0 Å². The number of nitrogens with one attached hydrogen (secondary N) is 1. The monoisotopic (exact) mass is 346 g/mol. The number of ether oxygens (including phenoxy) is 3. The minimum absolute atomic E-state index is 0.00660. The highest BCUT2D eigenvalue weighted by Crippen LogP contribution is 2.24. The summed E-state index contributed by atoms with van der Waals surface area (Å²) in [6.07, 6.45) is -0.233. The molecule has 1 heterocycles. The maximum absolute atomic E-state index is 11.8. The summed E-state index contributed by atoms with van der Waals surface area (Å²) in [5.41, 5.74) is 10.5. The van der Waals surface area contributed by atoms with Gasteiger partial charge in [-0.05, 0) is 12.8 Å². The first-order valence-corrected chi connectivity index (χ1v) is 8.04. The number of guanidine groups is 1. The molecule has 2 atom stereocenters. The lowest BCUT2D eigenvalue weighted by Gasteiger charge is -2.35. The standard InChI is InChI=1S/C15H30N4O5/c1-15(2)8-23-12(24-9-15)7-11(20)19-10(13(21)22-3)5-4-6-18-14(16)17/h10-12,19-20H,4-9H2,1-3H3,(H4,16,17,18)/t10-,11?/m0/s1. The molecular formula is C15H30N4O5. The average molecular weight is 346 g/mol. The molecule has 1 aliphatic heterocycles. The summed E-state index contributed by atoms with van der Waals surface area (Å²) < 4.78 is 15.9. The normalized spacial score (nSPS) is 20.2. The van der Waals surface area contributed by atoms with Crippen molar-refractivity contribution in [3.05, 3.63) is 0 Å². The molecule has 0 aromatic rings. The van der Waals surface area contributed by atoms with E-state index in [9.17, 15) is 9.90 Å². The Bertz CT molecular complexity index is 416. The third kappa shape index (κ3) is 7.91. The second kappa shape index (κ2) is 9.77. The molecule has 1 aliphatic rings. The number of aliphatic imine (C=N–C) groups is 1. The number of rotatable bonds is 9. The number of carbonyl (C=O) groups excluding carboxylic acids is 1. The van der Waals surface area contributed by atoms with E-state index in [0.717, 1.165) is 0 Å². The summed E-state index contributed by atoms with van der Waals surface area (Å²) >= 11 is 0. The molecule has 9 nitrogen and oxygen atoms in total. The molecule has 6 N–H and O–H groups in total. The van der Waals surface area contributed by atoms with E-state index in [0.29, 0.717) is 32.6 Å². The number of carbonyl (C=O) groups is 1. The van der Waals surface area contributed by atoms with Crippen LogP contribution in [0.25, 0.3) is 0 Å². The Kier molecular flexibility index (Phi) is 8.40. The Morgan fingerprint density at radius 3 is 2.58 bits per heavy atom. The van der Waals surface area contributed by atoms with Crippen molar-refractivity contribution in [3.8, 4) is 0 Å². The maximum atomic E-state index is 11.8. The van der Waals surface area contributed by atoms with Crippen molar-refractivity contribution in [1.82, 2.24) is 5.32 Å². The predicted molar refractivity (Wildman–Crippen MR) is 88.9 cm³/mol. The van der Waals surface area contributed by atoms with Crippen molar-refractivity contribution in [2.45, 2.75) is 51.7 Å². The number of aliphatic hydroxyl groups excluding tert-OH is 1. The summed E-state index contributed by atoms with van der Waals surface area (Å²) in [6.45, 7) is 5.60. The van der Waals surface area contributed by atoms with Crippen LogP contribution in [-0.2, 0) is 19.0 Å². The minimum Gasteiger partial charge on any atom is -0.468 e. The summed E-state index contributed by atoms with van der Waals surface area (Å²) in [7, 11) is 1.30. The lowest BCUT2D eigenvalue weighted by molar-refractivity contribution is -0.232. The van der Waals surface area contributed by atoms with Crippen molar-refractivity contribution in [2.24, 2.45) is 21.9 Å². The van der Waals surface area contributed by atoms with E-state index >= 15 is 0 Å². The lowest BCUT2D eigenvalue weighted by atomic mass is 9.95. The SMILES string of the molecule is COC(=O)[C@H](CCCN=C(N)N)NC(O)CC1OCC(C)(C)CO1. The number of esters is 1. The molecule has 1 rings (SSSR count). The number of hydrogen-bond donors (Lipinski definition) is 4. The van der Waals surface area contributed by atoms with Gasteiger partial charge in [0.15, 0.2) is 12.2 Å². The highest BCUT2D eigenvalue weighted by Gasteiger charge is 2.30. The molecule has 0 saturated carbocycles. The van der Waals surface area contributed by atoms with Crippen LogP contribution < -0.4 is 16.8 Å². The fraction of sp³-hybridized carbons (Fsp3) is 0.867. The van der Waals surface area contributed by atoms with Gasteiger partial charge >= 0.3 is 5.97 Å². The minimum atomic E-state index is -0.955. The Morgan fingerprint density at radius 1 is 1.42 bits per heavy atom. The molecule has 1 unspecified atom stereocenters.